The lowest BCUT2D eigenvalue weighted by Crippen LogP contribution is -2.32. The van der Waals surface area contributed by atoms with Crippen LogP contribution in [0.4, 0.5) is 5.69 Å². The summed E-state index contributed by atoms with van der Waals surface area (Å²) in [5.74, 6) is -3.52. The summed E-state index contributed by atoms with van der Waals surface area (Å²) in [6.07, 6.45) is 1.72. The maximum Gasteiger partial charge on any atom is 0.321 e. The molecule has 1 aromatic heterocycles. The molecule has 2 aromatic carbocycles. The Morgan fingerprint density at radius 1 is 1.00 bits per heavy atom. The third-order valence-electron chi connectivity index (χ3n) is 4.66. The Bertz CT molecular complexity index is 1010. The zero-order valence-corrected chi connectivity index (χ0v) is 15.2. The summed E-state index contributed by atoms with van der Waals surface area (Å²) in [7, 11) is 2.39. The van der Waals surface area contributed by atoms with E-state index in [-0.39, 0.29) is 5.69 Å². The average Bonchev–Trinajstić information content (AvgIpc) is 3.14. The fourth-order valence-electron chi connectivity index (χ4n) is 3.33. The molecule has 28 heavy (non-hydrogen) atoms. The van der Waals surface area contributed by atoms with Crippen molar-refractivity contribution in [3.8, 4) is 0 Å². The van der Waals surface area contributed by atoms with E-state index in [1.807, 2.05) is 24.3 Å². The maximum absolute atomic E-state index is 12.5. The summed E-state index contributed by atoms with van der Waals surface area (Å²) in [6.45, 7) is 0. The van der Waals surface area contributed by atoms with Crippen LogP contribution in [0.3, 0.4) is 0 Å². The lowest BCUT2D eigenvalue weighted by Gasteiger charge is -2.23. The van der Waals surface area contributed by atoms with Gasteiger partial charge in [-0.15, -0.1) is 0 Å². The second-order valence-corrected chi connectivity index (χ2v) is 6.14. The second-order valence-electron chi connectivity index (χ2n) is 6.14. The van der Waals surface area contributed by atoms with Gasteiger partial charge in [0.25, 0.3) is 5.69 Å². The third kappa shape index (κ3) is 3.44. The number of nitro benzene ring substituents is 1. The standard InChI is InChI=1S/C20H18N2O6/c1-27-19(23)18(20(24)28-2)17(12-7-9-13(10-8-12)22(25)26)15-11-21-16-6-4-3-5-14(15)16/h3-11,17-18,21H,1-2H3/t17-/m0/s1. The van der Waals surface area contributed by atoms with Crippen LogP contribution in [0, 0.1) is 16.0 Å². The van der Waals surface area contributed by atoms with E-state index in [4.69, 9.17) is 9.47 Å². The second kappa shape index (κ2) is 7.91. The van der Waals surface area contributed by atoms with Crippen LogP contribution in [0.5, 0.6) is 0 Å². The molecule has 0 aliphatic carbocycles. The number of non-ortho nitro benzene ring substituents is 1. The predicted octanol–water partition coefficient (Wildman–Crippen LogP) is 3.17. The van der Waals surface area contributed by atoms with Gasteiger partial charge in [-0.3, -0.25) is 19.7 Å². The van der Waals surface area contributed by atoms with Crippen molar-refractivity contribution in [1.82, 2.24) is 4.98 Å². The molecule has 0 saturated carbocycles. The van der Waals surface area contributed by atoms with Crippen molar-refractivity contribution in [1.29, 1.82) is 0 Å². The molecule has 0 fully saturated rings. The minimum Gasteiger partial charge on any atom is -0.468 e. The molecule has 0 saturated heterocycles. The Morgan fingerprint density at radius 2 is 1.61 bits per heavy atom. The molecule has 0 radical (unpaired) electrons. The van der Waals surface area contributed by atoms with Crippen molar-refractivity contribution < 1.29 is 24.0 Å². The summed E-state index contributed by atoms with van der Waals surface area (Å²) in [5, 5.41) is 11.8. The summed E-state index contributed by atoms with van der Waals surface area (Å²) >= 11 is 0. The highest BCUT2D eigenvalue weighted by molar-refractivity contribution is 5.98. The van der Waals surface area contributed by atoms with Crippen molar-refractivity contribution in [2.45, 2.75) is 5.92 Å². The molecular weight excluding hydrogens is 364 g/mol. The fraction of sp³-hybridized carbons (Fsp3) is 0.200. The van der Waals surface area contributed by atoms with Crippen LogP contribution < -0.4 is 0 Å². The zero-order chi connectivity index (χ0) is 20.3. The van der Waals surface area contributed by atoms with Crippen LogP contribution in [0.25, 0.3) is 10.9 Å². The van der Waals surface area contributed by atoms with Crippen molar-refractivity contribution in [3.63, 3.8) is 0 Å². The summed E-state index contributed by atoms with van der Waals surface area (Å²) < 4.78 is 9.70. The molecule has 1 heterocycles. The van der Waals surface area contributed by atoms with Crippen molar-refractivity contribution >= 4 is 28.5 Å². The first-order valence-electron chi connectivity index (χ1n) is 8.44. The van der Waals surface area contributed by atoms with E-state index in [2.05, 4.69) is 4.98 Å². The topological polar surface area (TPSA) is 112 Å². The number of nitrogens with zero attached hydrogens (tertiary/aromatic N) is 1. The molecule has 0 aliphatic rings. The highest BCUT2D eigenvalue weighted by Gasteiger charge is 2.40. The molecule has 3 aromatic rings. The van der Waals surface area contributed by atoms with Crippen LogP contribution in [-0.2, 0) is 19.1 Å². The molecule has 0 aliphatic heterocycles. The number of aromatic nitrogens is 1. The van der Waals surface area contributed by atoms with Crippen LogP contribution in [-0.4, -0.2) is 36.1 Å². The zero-order valence-electron chi connectivity index (χ0n) is 15.2. The molecule has 3 rings (SSSR count). The summed E-state index contributed by atoms with van der Waals surface area (Å²) in [6, 6.07) is 13.2. The molecule has 1 N–H and O–H groups in total. The number of hydrogen-bond acceptors (Lipinski definition) is 6. The number of nitro groups is 1. The van der Waals surface area contributed by atoms with Crippen molar-refractivity contribution in [2.75, 3.05) is 14.2 Å². The van der Waals surface area contributed by atoms with Crippen molar-refractivity contribution in [3.05, 3.63) is 76.0 Å². The third-order valence-corrected chi connectivity index (χ3v) is 4.66. The first kappa shape index (κ1) is 19.1. The fourth-order valence-corrected chi connectivity index (χ4v) is 3.33. The lowest BCUT2D eigenvalue weighted by molar-refractivity contribution is -0.384. The predicted molar refractivity (Wildman–Crippen MR) is 101 cm³/mol. The van der Waals surface area contributed by atoms with E-state index < -0.39 is 28.7 Å². The minimum atomic E-state index is -1.27. The number of methoxy groups -OCH3 is 2. The quantitative estimate of drug-likeness (QED) is 0.303. The largest absolute Gasteiger partial charge is 0.468 e. The number of carbonyl (C=O) groups is 2. The smallest absolute Gasteiger partial charge is 0.321 e. The van der Waals surface area contributed by atoms with E-state index in [0.29, 0.717) is 11.1 Å². The maximum atomic E-state index is 12.5. The number of nitrogens with one attached hydrogen (secondary N) is 1. The van der Waals surface area contributed by atoms with E-state index in [9.17, 15) is 19.7 Å². The normalized spacial score (nSPS) is 12.0. The molecular formula is C20H18N2O6. The summed E-state index contributed by atoms with van der Waals surface area (Å²) in [5.41, 5.74) is 1.98. The van der Waals surface area contributed by atoms with Gasteiger partial charge in [-0.2, -0.15) is 0 Å². The molecule has 0 unspecified atom stereocenters. The van der Waals surface area contributed by atoms with Crippen molar-refractivity contribution in [2.24, 2.45) is 5.92 Å². The van der Waals surface area contributed by atoms with E-state index in [1.54, 1.807) is 6.20 Å². The lowest BCUT2D eigenvalue weighted by atomic mass is 9.80. The van der Waals surface area contributed by atoms with Crippen LogP contribution in [0.1, 0.15) is 17.0 Å². The van der Waals surface area contributed by atoms with Gasteiger partial charge in [-0.25, -0.2) is 0 Å². The summed E-state index contributed by atoms with van der Waals surface area (Å²) in [4.78, 5) is 38.6. The van der Waals surface area contributed by atoms with Gasteiger partial charge in [0.05, 0.1) is 19.1 Å². The van der Waals surface area contributed by atoms with Gasteiger partial charge >= 0.3 is 11.9 Å². The monoisotopic (exact) mass is 382 g/mol. The molecule has 144 valence electrons. The Balaban J connectivity index is 2.22. The number of aromatic amines is 1. The molecule has 8 heteroatoms. The molecule has 0 bridgehead atoms. The van der Waals surface area contributed by atoms with Gasteiger partial charge in [0.15, 0.2) is 5.92 Å². The van der Waals surface area contributed by atoms with Crippen LogP contribution in [0.15, 0.2) is 54.7 Å². The number of benzene rings is 2. The van der Waals surface area contributed by atoms with E-state index in [1.165, 1.54) is 38.5 Å². The van der Waals surface area contributed by atoms with Gasteiger partial charge in [0.1, 0.15) is 0 Å². The van der Waals surface area contributed by atoms with Gasteiger partial charge in [-0.1, -0.05) is 30.3 Å². The Hall–Kier alpha value is -3.68. The van der Waals surface area contributed by atoms with E-state index in [0.717, 1.165) is 10.9 Å². The number of para-hydroxylation sites is 1. The van der Waals surface area contributed by atoms with Crippen LogP contribution in [0.2, 0.25) is 0 Å². The Kier molecular flexibility index (Phi) is 5.39. The number of carbonyl (C=O) groups excluding carboxylic acids is 2. The first-order valence-corrected chi connectivity index (χ1v) is 8.44. The highest BCUT2D eigenvalue weighted by Crippen LogP contribution is 2.38. The van der Waals surface area contributed by atoms with Gasteiger partial charge in [0.2, 0.25) is 0 Å². The van der Waals surface area contributed by atoms with Crippen LogP contribution >= 0.6 is 0 Å². The van der Waals surface area contributed by atoms with E-state index >= 15 is 0 Å². The van der Waals surface area contributed by atoms with Gasteiger partial charge in [-0.05, 0) is 17.2 Å². The molecule has 0 spiro atoms. The average molecular weight is 382 g/mol. The number of hydrogen-bond donors (Lipinski definition) is 1. The highest BCUT2D eigenvalue weighted by atomic mass is 16.6. The number of fused-ring (bicyclic) bond motifs is 1. The Morgan fingerprint density at radius 3 is 2.18 bits per heavy atom. The van der Waals surface area contributed by atoms with Gasteiger partial charge in [0, 0.05) is 35.2 Å². The SMILES string of the molecule is COC(=O)C(C(=O)OC)[C@@H](c1ccc([N+](=O)[O-])cc1)c1c[nH]c2ccccc12. The Labute approximate surface area is 160 Å². The molecule has 0 amide bonds. The number of ether oxygens (including phenoxy) is 2. The van der Waals surface area contributed by atoms with Gasteiger partial charge < -0.3 is 14.5 Å². The minimum absolute atomic E-state index is 0.0888. The number of rotatable bonds is 6. The molecule has 8 nitrogen and oxygen atoms in total. The number of H-pyrrole nitrogens is 1. The number of esters is 2. The first-order chi connectivity index (χ1) is 13.5. The molecule has 1 atom stereocenters.